The molecule has 214 valence electrons. The number of nitrogens with zero attached hydrogens (tertiary/aromatic N) is 5. The fourth-order valence-electron chi connectivity index (χ4n) is 6.34. The first-order valence-electron chi connectivity index (χ1n) is 15.0. The van der Waals surface area contributed by atoms with Crippen LogP contribution >= 0.6 is 0 Å². The van der Waals surface area contributed by atoms with Crippen molar-refractivity contribution in [2.24, 2.45) is 0 Å². The summed E-state index contributed by atoms with van der Waals surface area (Å²) in [6.07, 6.45) is 0. The van der Waals surface area contributed by atoms with Gasteiger partial charge < -0.3 is 8.98 Å². The van der Waals surface area contributed by atoms with Gasteiger partial charge in [0.2, 0.25) is 0 Å². The molecule has 0 spiro atoms. The first-order chi connectivity index (χ1) is 22.7. The van der Waals surface area contributed by atoms with Gasteiger partial charge in [-0.25, -0.2) is 15.0 Å². The second-order valence-electron chi connectivity index (χ2n) is 11.2. The van der Waals surface area contributed by atoms with Crippen molar-refractivity contribution < 1.29 is 4.42 Å². The van der Waals surface area contributed by atoms with Gasteiger partial charge >= 0.3 is 0 Å². The van der Waals surface area contributed by atoms with Gasteiger partial charge in [-0.2, -0.15) is 5.26 Å². The fourth-order valence-corrected chi connectivity index (χ4v) is 6.34. The van der Waals surface area contributed by atoms with E-state index < -0.39 is 0 Å². The van der Waals surface area contributed by atoms with Gasteiger partial charge in [-0.1, -0.05) is 97.1 Å². The lowest BCUT2D eigenvalue weighted by Crippen LogP contribution is -2.02. The van der Waals surface area contributed by atoms with Crippen LogP contribution in [0.5, 0.6) is 0 Å². The number of para-hydroxylation sites is 2. The van der Waals surface area contributed by atoms with Gasteiger partial charge in [0.05, 0.1) is 22.3 Å². The Morgan fingerprint density at radius 1 is 0.478 bits per heavy atom. The van der Waals surface area contributed by atoms with E-state index in [-0.39, 0.29) is 0 Å². The van der Waals surface area contributed by atoms with Crippen LogP contribution in [-0.4, -0.2) is 19.5 Å². The van der Waals surface area contributed by atoms with E-state index in [0.29, 0.717) is 23.0 Å². The lowest BCUT2D eigenvalue weighted by atomic mass is 10.1. The molecular formula is C40H23N5O. The van der Waals surface area contributed by atoms with E-state index in [4.69, 9.17) is 19.4 Å². The number of furan rings is 1. The monoisotopic (exact) mass is 589 g/mol. The number of nitriles is 1. The number of benzene rings is 6. The molecule has 46 heavy (non-hydrogen) atoms. The van der Waals surface area contributed by atoms with Crippen molar-refractivity contribution in [1.82, 2.24) is 19.5 Å². The smallest absolute Gasteiger partial charge is 0.164 e. The predicted octanol–water partition coefficient (Wildman–Crippen LogP) is 9.74. The third kappa shape index (κ3) is 4.07. The molecule has 0 aliphatic rings. The summed E-state index contributed by atoms with van der Waals surface area (Å²) in [7, 11) is 0. The van der Waals surface area contributed by atoms with E-state index in [9.17, 15) is 5.26 Å². The van der Waals surface area contributed by atoms with Crippen LogP contribution in [0.15, 0.2) is 144 Å². The Kier molecular flexibility index (Phi) is 5.77. The van der Waals surface area contributed by atoms with Gasteiger partial charge in [-0.15, -0.1) is 0 Å². The van der Waals surface area contributed by atoms with Crippen molar-refractivity contribution in [2.75, 3.05) is 0 Å². The third-order valence-corrected chi connectivity index (χ3v) is 8.49. The zero-order chi connectivity index (χ0) is 30.6. The van der Waals surface area contributed by atoms with Crippen LogP contribution < -0.4 is 0 Å². The molecular weight excluding hydrogens is 566 g/mol. The van der Waals surface area contributed by atoms with E-state index in [2.05, 4.69) is 41.0 Å². The van der Waals surface area contributed by atoms with Crippen LogP contribution in [-0.2, 0) is 0 Å². The zero-order valence-corrected chi connectivity index (χ0v) is 24.4. The summed E-state index contributed by atoms with van der Waals surface area (Å²) in [5.74, 6) is 1.65. The topological polar surface area (TPSA) is 80.5 Å². The SMILES string of the molecule is N#Cc1cc(-c2nc(-c3ccccc3)nc(-c3ccccc3)n2)ccc1-n1c2ccccc2c2cc3c(cc21)oc1ccccc13. The molecule has 0 aliphatic carbocycles. The molecule has 0 unspecified atom stereocenters. The van der Waals surface area contributed by atoms with Crippen LogP contribution in [0, 0.1) is 11.3 Å². The van der Waals surface area contributed by atoms with Crippen molar-refractivity contribution in [1.29, 1.82) is 5.26 Å². The number of rotatable bonds is 4. The Morgan fingerprint density at radius 3 is 1.78 bits per heavy atom. The first kappa shape index (κ1) is 25.9. The average Bonchev–Trinajstić information content (AvgIpc) is 3.65. The largest absolute Gasteiger partial charge is 0.456 e. The van der Waals surface area contributed by atoms with Gasteiger partial charge in [0.1, 0.15) is 17.2 Å². The second kappa shape index (κ2) is 10.3. The molecule has 9 aromatic rings. The molecule has 0 N–H and O–H groups in total. The highest BCUT2D eigenvalue weighted by molar-refractivity contribution is 6.17. The summed E-state index contributed by atoms with van der Waals surface area (Å²) in [6, 6.07) is 48.7. The Bertz CT molecular complexity index is 2590. The second-order valence-corrected chi connectivity index (χ2v) is 11.2. The van der Waals surface area contributed by atoms with Crippen molar-refractivity contribution in [3.8, 4) is 45.9 Å². The number of fused-ring (bicyclic) bond motifs is 6. The van der Waals surface area contributed by atoms with Gasteiger partial charge in [-0.3, -0.25) is 0 Å². The van der Waals surface area contributed by atoms with E-state index in [0.717, 1.165) is 66.1 Å². The maximum Gasteiger partial charge on any atom is 0.164 e. The fraction of sp³-hybridized carbons (Fsp3) is 0. The molecule has 0 saturated heterocycles. The molecule has 6 aromatic carbocycles. The maximum absolute atomic E-state index is 10.5. The van der Waals surface area contributed by atoms with Crippen molar-refractivity contribution >= 4 is 43.7 Å². The van der Waals surface area contributed by atoms with E-state index in [1.54, 1.807) is 0 Å². The number of hydrogen-bond acceptors (Lipinski definition) is 5. The average molecular weight is 590 g/mol. The van der Waals surface area contributed by atoms with Crippen molar-refractivity contribution in [3.63, 3.8) is 0 Å². The Labute approximate surface area is 263 Å². The van der Waals surface area contributed by atoms with Crippen LogP contribution in [0.25, 0.3) is 83.6 Å². The molecule has 0 aliphatic heterocycles. The molecule has 0 radical (unpaired) electrons. The third-order valence-electron chi connectivity index (χ3n) is 8.49. The molecule has 0 fully saturated rings. The lowest BCUT2D eigenvalue weighted by Gasteiger charge is -2.12. The van der Waals surface area contributed by atoms with Crippen molar-refractivity contribution in [2.45, 2.75) is 0 Å². The highest BCUT2D eigenvalue weighted by atomic mass is 16.3. The van der Waals surface area contributed by atoms with Gasteiger partial charge in [0.25, 0.3) is 0 Å². The number of aromatic nitrogens is 4. The van der Waals surface area contributed by atoms with Gasteiger partial charge in [0, 0.05) is 44.3 Å². The molecule has 0 atom stereocenters. The molecule has 9 rings (SSSR count). The summed E-state index contributed by atoms with van der Waals surface area (Å²) < 4.78 is 8.43. The molecule has 6 nitrogen and oxygen atoms in total. The summed E-state index contributed by atoms with van der Waals surface area (Å²) in [4.78, 5) is 14.6. The summed E-state index contributed by atoms with van der Waals surface area (Å²) in [6.45, 7) is 0. The normalized spacial score (nSPS) is 11.5. The van der Waals surface area contributed by atoms with Gasteiger partial charge in [0.15, 0.2) is 17.5 Å². The predicted molar refractivity (Wildman–Crippen MR) is 182 cm³/mol. The molecule has 0 saturated carbocycles. The molecule has 0 bridgehead atoms. The minimum Gasteiger partial charge on any atom is -0.456 e. The summed E-state index contributed by atoms with van der Waals surface area (Å²) in [5, 5.41) is 14.9. The van der Waals surface area contributed by atoms with Crippen molar-refractivity contribution in [3.05, 3.63) is 145 Å². The van der Waals surface area contributed by atoms with Crippen LogP contribution in [0.4, 0.5) is 0 Å². The Hall–Kier alpha value is -6.58. The highest BCUT2D eigenvalue weighted by Crippen LogP contribution is 2.39. The maximum atomic E-state index is 10.5. The Morgan fingerprint density at radius 2 is 1.09 bits per heavy atom. The number of hydrogen-bond donors (Lipinski definition) is 0. The van der Waals surface area contributed by atoms with E-state index in [1.807, 2.05) is 109 Å². The highest BCUT2D eigenvalue weighted by Gasteiger charge is 2.19. The molecule has 3 heterocycles. The van der Waals surface area contributed by atoms with Crippen LogP contribution in [0.2, 0.25) is 0 Å². The van der Waals surface area contributed by atoms with E-state index in [1.165, 1.54) is 0 Å². The Balaban J connectivity index is 1.26. The van der Waals surface area contributed by atoms with Crippen LogP contribution in [0.1, 0.15) is 5.56 Å². The van der Waals surface area contributed by atoms with E-state index >= 15 is 0 Å². The lowest BCUT2D eigenvalue weighted by molar-refractivity contribution is 0.669. The quantitative estimate of drug-likeness (QED) is 0.204. The van der Waals surface area contributed by atoms with Crippen LogP contribution in [0.3, 0.4) is 0 Å². The first-order valence-corrected chi connectivity index (χ1v) is 15.0. The minimum atomic E-state index is 0.502. The molecule has 6 heteroatoms. The zero-order valence-electron chi connectivity index (χ0n) is 24.4. The van der Waals surface area contributed by atoms with Gasteiger partial charge in [-0.05, 0) is 36.4 Å². The molecule has 0 amide bonds. The summed E-state index contributed by atoms with van der Waals surface area (Å²) >= 11 is 0. The molecule has 3 aromatic heterocycles. The standard InChI is InChI=1S/C40H23N5O/c41-24-28-21-27(40-43-38(25-11-3-1-4-12-25)42-39(44-40)26-13-5-2-6-14-26)19-20-33(28)45-34-17-9-7-15-29(34)31-22-32-30-16-8-10-18-36(30)46-37(32)23-35(31)45/h1-23H. The summed E-state index contributed by atoms with van der Waals surface area (Å²) in [5.41, 5.74) is 7.43. The minimum absolute atomic E-state index is 0.502.